The molecule has 0 radical (unpaired) electrons. The molecule has 124 valence electrons. The van der Waals surface area contributed by atoms with Crippen molar-refractivity contribution in [3.63, 3.8) is 0 Å². The van der Waals surface area contributed by atoms with Gasteiger partial charge >= 0.3 is 0 Å². The fraction of sp³-hybridized carbons (Fsp3) is 0.188. The van der Waals surface area contributed by atoms with E-state index in [4.69, 9.17) is 9.15 Å². The largest absolute Gasteiger partial charge is 0.496 e. The molecule has 6 nitrogen and oxygen atoms in total. The van der Waals surface area contributed by atoms with Crippen LogP contribution in [0.3, 0.4) is 0 Å². The molecule has 3 aromatic rings. The number of carbonyl (C=O) groups is 1. The minimum atomic E-state index is 0.00546. The smallest absolute Gasteiger partial charge is 0.200 e. The Bertz CT molecular complexity index is 862. The molecule has 0 aliphatic carbocycles. The Labute approximate surface area is 151 Å². The average Bonchev–Trinajstić information content (AvgIpc) is 3.22. The maximum Gasteiger partial charge on any atom is 0.200 e. The Hall–Kier alpha value is -2.06. The molecule has 24 heavy (non-hydrogen) atoms. The normalized spacial score (nSPS) is 10.8. The number of methoxy groups -OCH3 is 1. The summed E-state index contributed by atoms with van der Waals surface area (Å²) in [6, 6.07) is 8.88. The first kappa shape index (κ1) is 16.8. The van der Waals surface area contributed by atoms with Crippen LogP contribution in [0, 0.1) is 0 Å². The SMILES string of the molecule is COc1ccc(C(=O)CSc2nnc(-c3ccco3)n2C)cc1Br. The third kappa shape index (κ3) is 3.39. The predicted octanol–water partition coefficient (Wildman–Crippen LogP) is 3.82. The number of hydrogen-bond acceptors (Lipinski definition) is 6. The van der Waals surface area contributed by atoms with Gasteiger partial charge in [-0.3, -0.25) is 4.79 Å². The second-order valence-corrected chi connectivity index (χ2v) is 6.70. The summed E-state index contributed by atoms with van der Waals surface area (Å²) in [5.74, 6) is 2.23. The van der Waals surface area contributed by atoms with Gasteiger partial charge in [0, 0.05) is 12.6 Å². The topological polar surface area (TPSA) is 70.2 Å². The van der Waals surface area contributed by atoms with Crippen LogP contribution in [-0.4, -0.2) is 33.4 Å². The highest BCUT2D eigenvalue weighted by atomic mass is 79.9. The number of benzene rings is 1. The summed E-state index contributed by atoms with van der Waals surface area (Å²) in [5.41, 5.74) is 0.614. The molecule has 0 bridgehead atoms. The zero-order valence-electron chi connectivity index (χ0n) is 13.0. The second-order valence-electron chi connectivity index (χ2n) is 4.90. The van der Waals surface area contributed by atoms with Crippen LogP contribution in [0.4, 0.5) is 0 Å². The van der Waals surface area contributed by atoms with Gasteiger partial charge in [-0.05, 0) is 46.3 Å². The molecule has 0 saturated carbocycles. The summed E-state index contributed by atoms with van der Waals surface area (Å²) in [5, 5.41) is 8.88. The van der Waals surface area contributed by atoms with Crippen molar-refractivity contribution in [3.05, 3.63) is 46.6 Å². The molecule has 0 aliphatic rings. The van der Waals surface area contributed by atoms with Crippen LogP contribution in [0.25, 0.3) is 11.6 Å². The molecule has 0 spiro atoms. The summed E-state index contributed by atoms with van der Waals surface area (Å²) >= 11 is 4.72. The lowest BCUT2D eigenvalue weighted by Crippen LogP contribution is -2.04. The summed E-state index contributed by atoms with van der Waals surface area (Å²) in [7, 11) is 3.43. The van der Waals surface area contributed by atoms with Crippen LogP contribution < -0.4 is 4.74 Å². The van der Waals surface area contributed by atoms with Crippen LogP contribution in [-0.2, 0) is 7.05 Å². The number of nitrogens with zero attached hydrogens (tertiary/aromatic N) is 3. The zero-order valence-corrected chi connectivity index (χ0v) is 15.4. The Morgan fingerprint density at radius 2 is 2.21 bits per heavy atom. The number of hydrogen-bond donors (Lipinski definition) is 0. The Morgan fingerprint density at radius 1 is 1.38 bits per heavy atom. The number of ketones is 1. The molecule has 0 aliphatic heterocycles. The molecule has 3 rings (SSSR count). The van der Waals surface area contributed by atoms with Crippen molar-refractivity contribution in [2.75, 3.05) is 12.9 Å². The lowest BCUT2D eigenvalue weighted by Gasteiger charge is -2.06. The first-order valence-corrected chi connectivity index (χ1v) is 8.81. The van der Waals surface area contributed by atoms with Crippen molar-refractivity contribution in [3.8, 4) is 17.3 Å². The van der Waals surface area contributed by atoms with Gasteiger partial charge in [-0.25, -0.2) is 0 Å². The van der Waals surface area contributed by atoms with Crippen molar-refractivity contribution >= 4 is 33.5 Å². The highest BCUT2D eigenvalue weighted by Gasteiger charge is 2.15. The van der Waals surface area contributed by atoms with E-state index < -0.39 is 0 Å². The Kier molecular flexibility index (Phi) is 5.06. The zero-order chi connectivity index (χ0) is 17.1. The molecule has 0 fully saturated rings. The molecule has 2 heterocycles. The molecule has 0 unspecified atom stereocenters. The van der Waals surface area contributed by atoms with E-state index in [1.807, 2.05) is 13.1 Å². The lowest BCUT2D eigenvalue weighted by molar-refractivity contribution is 0.102. The fourth-order valence-corrected chi connectivity index (χ4v) is 3.46. The maximum atomic E-state index is 12.4. The molecule has 0 atom stereocenters. The third-order valence-corrected chi connectivity index (χ3v) is 5.02. The van der Waals surface area contributed by atoms with E-state index in [1.54, 1.807) is 42.2 Å². The fourth-order valence-electron chi connectivity index (χ4n) is 2.11. The molecule has 8 heteroatoms. The quantitative estimate of drug-likeness (QED) is 0.456. The molecule has 1 aromatic carbocycles. The number of thioether (sulfide) groups is 1. The van der Waals surface area contributed by atoms with Crippen molar-refractivity contribution in [2.45, 2.75) is 5.16 Å². The Balaban J connectivity index is 1.70. The minimum Gasteiger partial charge on any atom is -0.496 e. The van der Waals surface area contributed by atoms with Gasteiger partial charge in [-0.1, -0.05) is 11.8 Å². The average molecular weight is 408 g/mol. The van der Waals surface area contributed by atoms with Gasteiger partial charge in [0.05, 0.1) is 23.6 Å². The number of Topliss-reactive ketones (excluding diaryl/α,β-unsaturated/α-hetero) is 1. The summed E-state index contributed by atoms with van der Waals surface area (Å²) in [4.78, 5) is 12.4. The number of carbonyl (C=O) groups excluding carboxylic acids is 1. The van der Waals surface area contributed by atoms with Crippen LogP contribution in [0.1, 0.15) is 10.4 Å². The molecular formula is C16H14BrN3O3S. The van der Waals surface area contributed by atoms with E-state index in [0.29, 0.717) is 28.1 Å². The van der Waals surface area contributed by atoms with Crippen LogP contribution >= 0.6 is 27.7 Å². The number of furan rings is 1. The monoisotopic (exact) mass is 407 g/mol. The van der Waals surface area contributed by atoms with Gasteiger partial charge in [0.15, 0.2) is 22.5 Å². The number of halogens is 1. The second kappa shape index (κ2) is 7.23. The third-order valence-electron chi connectivity index (χ3n) is 3.38. The standard InChI is InChI=1S/C16H14BrN3O3S/c1-20-15(14-4-3-7-23-14)18-19-16(20)24-9-12(21)10-5-6-13(22-2)11(17)8-10/h3-8H,9H2,1-2H3. The van der Waals surface area contributed by atoms with Gasteiger partial charge in [0.25, 0.3) is 0 Å². The van der Waals surface area contributed by atoms with Gasteiger partial charge in [0.2, 0.25) is 0 Å². The van der Waals surface area contributed by atoms with Gasteiger partial charge in [-0.2, -0.15) is 0 Å². The van der Waals surface area contributed by atoms with E-state index in [1.165, 1.54) is 11.8 Å². The number of ether oxygens (including phenoxy) is 1. The summed E-state index contributed by atoms with van der Waals surface area (Å²) in [6.45, 7) is 0. The van der Waals surface area contributed by atoms with E-state index in [-0.39, 0.29) is 11.5 Å². The van der Waals surface area contributed by atoms with Gasteiger partial charge in [0.1, 0.15) is 5.75 Å². The number of rotatable bonds is 6. The highest BCUT2D eigenvalue weighted by Crippen LogP contribution is 2.27. The van der Waals surface area contributed by atoms with Crippen molar-refractivity contribution < 1.29 is 13.9 Å². The van der Waals surface area contributed by atoms with Gasteiger partial charge < -0.3 is 13.7 Å². The van der Waals surface area contributed by atoms with E-state index in [9.17, 15) is 4.79 Å². The first-order chi connectivity index (χ1) is 11.6. The minimum absolute atomic E-state index is 0.00546. The van der Waals surface area contributed by atoms with Crippen LogP contribution in [0.2, 0.25) is 0 Å². The predicted molar refractivity (Wildman–Crippen MR) is 94.5 cm³/mol. The lowest BCUT2D eigenvalue weighted by atomic mass is 10.1. The van der Waals surface area contributed by atoms with Crippen molar-refractivity contribution in [1.82, 2.24) is 14.8 Å². The van der Waals surface area contributed by atoms with Crippen molar-refractivity contribution in [1.29, 1.82) is 0 Å². The van der Waals surface area contributed by atoms with Crippen molar-refractivity contribution in [2.24, 2.45) is 7.05 Å². The molecule has 2 aromatic heterocycles. The molecule has 0 N–H and O–H groups in total. The highest BCUT2D eigenvalue weighted by molar-refractivity contribution is 9.10. The summed E-state index contributed by atoms with van der Waals surface area (Å²) in [6.07, 6.45) is 1.59. The van der Waals surface area contributed by atoms with E-state index in [2.05, 4.69) is 26.1 Å². The van der Waals surface area contributed by atoms with E-state index in [0.717, 1.165) is 4.47 Å². The van der Waals surface area contributed by atoms with E-state index >= 15 is 0 Å². The number of aromatic nitrogens is 3. The molecule has 0 amide bonds. The van der Waals surface area contributed by atoms with Gasteiger partial charge in [-0.15, -0.1) is 10.2 Å². The molecule has 0 saturated heterocycles. The molecular weight excluding hydrogens is 394 g/mol. The summed E-state index contributed by atoms with van der Waals surface area (Å²) < 4.78 is 13.1. The van der Waals surface area contributed by atoms with Crippen LogP contribution in [0.5, 0.6) is 5.75 Å². The van der Waals surface area contributed by atoms with Crippen LogP contribution in [0.15, 0.2) is 50.6 Å². The first-order valence-electron chi connectivity index (χ1n) is 7.03. The maximum absolute atomic E-state index is 12.4. The Morgan fingerprint density at radius 3 is 2.88 bits per heavy atom.